The van der Waals surface area contributed by atoms with Crippen molar-refractivity contribution in [1.82, 2.24) is 4.72 Å². The maximum Gasteiger partial charge on any atom is 0.240 e. The Morgan fingerprint density at radius 1 is 1.25 bits per heavy atom. The molecule has 1 aromatic rings. The highest BCUT2D eigenvalue weighted by atomic mass is 79.9. The Morgan fingerprint density at radius 2 is 1.75 bits per heavy atom. The van der Waals surface area contributed by atoms with E-state index in [9.17, 15) is 8.42 Å². The van der Waals surface area contributed by atoms with Gasteiger partial charge in [-0.3, -0.25) is 0 Å². The van der Waals surface area contributed by atoms with Gasteiger partial charge in [-0.05, 0) is 32.9 Å². The number of hydrogen-bond acceptors (Lipinski definition) is 2. The van der Waals surface area contributed by atoms with Gasteiger partial charge in [0, 0.05) is 10.9 Å². The number of nitrogens with one attached hydrogen (secondary N) is 1. The molecule has 0 aliphatic rings. The van der Waals surface area contributed by atoms with Gasteiger partial charge in [0.15, 0.2) is 0 Å². The Balaban J connectivity index is 2.83. The minimum absolute atomic E-state index is 0.245. The van der Waals surface area contributed by atoms with E-state index in [1.54, 1.807) is 24.3 Å². The summed E-state index contributed by atoms with van der Waals surface area (Å²) in [5.74, 6) is 0. The number of alkyl halides is 1. The summed E-state index contributed by atoms with van der Waals surface area (Å²) in [6.07, 6.45) is 0. The van der Waals surface area contributed by atoms with Crippen LogP contribution in [0.1, 0.15) is 19.4 Å². The first-order valence-corrected chi connectivity index (χ1v) is 7.24. The van der Waals surface area contributed by atoms with Crippen molar-refractivity contribution in [3.63, 3.8) is 0 Å². The van der Waals surface area contributed by atoms with Gasteiger partial charge >= 0.3 is 0 Å². The lowest BCUT2D eigenvalue weighted by Crippen LogP contribution is -2.34. The van der Waals surface area contributed by atoms with E-state index >= 15 is 0 Å². The highest BCUT2D eigenvalue weighted by Gasteiger charge is 2.19. The summed E-state index contributed by atoms with van der Waals surface area (Å²) >= 11 is 3.39. The van der Waals surface area contributed by atoms with E-state index in [1.807, 2.05) is 20.8 Å². The highest BCUT2D eigenvalue weighted by molar-refractivity contribution is 9.10. The van der Waals surface area contributed by atoms with Gasteiger partial charge in [0.05, 0.1) is 4.90 Å². The number of hydrogen-bond donors (Lipinski definition) is 1. The number of rotatable bonds is 4. The molecule has 1 N–H and O–H groups in total. The Morgan fingerprint density at radius 3 is 2.19 bits per heavy atom. The molecule has 0 aromatic heterocycles. The molecular formula is C11H16BrNO2S. The molecule has 0 aliphatic heterocycles. The van der Waals surface area contributed by atoms with Crippen molar-refractivity contribution in [2.45, 2.75) is 30.0 Å². The van der Waals surface area contributed by atoms with Crippen LogP contribution in [0.2, 0.25) is 0 Å². The SMILES string of the molecule is Cc1ccc(S(=O)(=O)NCC(C)(C)Br)cc1. The van der Waals surface area contributed by atoms with E-state index in [0.29, 0.717) is 11.4 Å². The van der Waals surface area contributed by atoms with Crippen LogP contribution in [-0.2, 0) is 10.0 Å². The summed E-state index contributed by atoms with van der Waals surface area (Å²) in [5.41, 5.74) is 1.04. The van der Waals surface area contributed by atoms with Gasteiger partial charge in [-0.25, -0.2) is 13.1 Å². The number of aryl methyl sites for hydroxylation is 1. The average molecular weight is 306 g/mol. The molecule has 1 rings (SSSR count). The Hall–Kier alpha value is -0.390. The second kappa shape index (κ2) is 4.85. The first kappa shape index (κ1) is 13.7. The van der Waals surface area contributed by atoms with Gasteiger partial charge < -0.3 is 0 Å². The minimum atomic E-state index is -3.39. The Labute approximate surface area is 105 Å². The molecule has 0 saturated heterocycles. The molecule has 0 spiro atoms. The van der Waals surface area contributed by atoms with Crippen LogP contribution in [0.25, 0.3) is 0 Å². The van der Waals surface area contributed by atoms with E-state index in [2.05, 4.69) is 20.7 Å². The van der Waals surface area contributed by atoms with Gasteiger partial charge in [-0.15, -0.1) is 0 Å². The second-order valence-electron chi connectivity index (χ2n) is 4.36. The smallest absolute Gasteiger partial charge is 0.210 e. The zero-order valence-electron chi connectivity index (χ0n) is 9.62. The predicted molar refractivity (Wildman–Crippen MR) is 69.4 cm³/mol. The van der Waals surface area contributed by atoms with Crippen LogP contribution in [0.3, 0.4) is 0 Å². The van der Waals surface area contributed by atoms with Crippen LogP contribution in [-0.4, -0.2) is 19.3 Å². The molecule has 3 nitrogen and oxygen atoms in total. The lowest BCUT2D eigenvalue weighted by Gasteiger charge is -2.16. The molecule has 90 valence electrons. The van der Waals surface area contributed by atoms with Crippen LogP contribution in [0.5, 0.6) is 0 Å². The first-order chi connectivity index (χ1) is 7.21. The van der Waals surface area contributed by atoms with Crippen molar-refractivity contribution in [2.24, 2.45) is 0 Å². The highest BCUT2D eigenvalue weighted by Crippen LogP contribution is 2.16. The molecular weight excluding hydrogens is 290 g/mol. The molecule has 0 heterocycles. The van der Waals surface area contributed by atoms with Crippen LogP contribution >= 0.6 is 15.9 Å². The topological polar surface area (TPSA) is 46.2 Å². The first-order valence-electron chi connectivity index (χ1n) is 4.96. The fourth-order valence-corrected chi connectivity index (χ4v) is 2.61. The molecule has 0 radical (unpaired) electrons. The van der Waals surface area contributed by atoms with Gasteiger partial charge in [0.2, 0.25) is 10.0 Å². The maximum absolute atomic E-state index is 11.9. The standard InChI is InChI=1S/C11H16BrNO2S/c1-9-4-6-10(7-5-9)16(14,15)13-8-11(2,3)12/h4-7,13H,8H2,1-3H3. The van der Waals surface area contributed by atoms with Crippen molar-refractivity contribution in [3.8, 4) is 0 Å². The van der Waals surface area contributed by atoms with Crippen molar-refractivity contribution < 1.29 is 8.42 Å². The lowest BCUT2D eigenvalue weighted by atomic mass is 10.2. The second-order valence-corrected chi connectivity index (χ2v) is 8.27. The largest absolute Gasteiger partial charge is 0.240 e. The molecule has 0 amide bonds. The van der Waals surface area contributed by atoms with Gasteiger partial charge in [-0.1, -0.05) is 33.6 Å². The van der Waals surface area contributed by atoms with Gasteiger partial charge in [-0.2, -0.15) is 0 Å². The summed E-state index contributed by atoms with van der Waals surface area (Å²) in [6, 6.07) is 6.79. The van der Waals surface area contributed by atoms with E-state index in [1.165, 1.54) is 0 Å². The predicted octanol–water partition coefficient (Wildman–Crippen LogP) is 2.45. The van der Waals surface area contributed by atoms with E-state index in [4.69, 9.17) is 0 Å². The van der Waals surface area contributed by atoms with Crippen LogP contribution in [0.15, 0.2) is 29.2 Å². The molecule has 0 saturated carbocycles. The molecule has 16 heavy (non-hydrogen) atoms. The average Bonchev–Trinajstić information content (AvgIpc) is 2.15. The van der Waals surface area contributed by atoms with Crippen molar-refractivity contribution in [3.05, 3.63) is 29.8 Å². The van der Waals surface area contributed by atoms with Gasteiger partial charge in [0.25, 0.3) is 0 Å². The Bertz CT molecular complexity index is 446. The zero-order chi connectivity index (χ0) is 12.4. The number of halogens is 1. The number of sulfonamides is 1. The third kappa shape index (κ3) is 4.23. The minimum Gasteiger partial charge on any atom is -0.210 e. The fraction of sp³-hybridized carbons (Fsp3) is 0.455. The fourth-order valence-electron chi connectivity index (χ4n) is 1.07. The molecule has 0 aliphatic carbocycles. The molecule has 1 aromatic carbocycles. The molecule has 0 atom stereocenters. The van der Waals surface area contributed by atoms with Crippen LogP contribution < -0.4 is 4.72 Å². The summed E-state index contributed by atoms with van der Waals surface area (Å²) in [5, 5.41) is 0. The van der Waals surface area contributed by atoms with Crippen molar-refractivity contribution in [1.29, 1.82) is 0 Å². The lowest BCUT2D eigenvalue weighted by molar-refractivity contribution is 0.572. The molecule has 0 bridgehead atoms. The number of benzene rings is 1. The summed E-state index contributed by atoms with van der Waals surface area (Å²) in [6.45, 7) is 6.09. The molecule has 0 unspecified atom stereocenters. The normalized spacial score (nSPS) is 12.8. The van der Waals surface area contributed by atoms with Crippen LogP contribution in [0.4, 0.5) is 0 Å². The summed E-state index contributed by atoms with van der Waals surface area (Å²) < 4.78 is 26.0. The third-order valence-electron chi connectivity index (χ3n) is 2.01. The van der Waals surface area contributed by atoms with Crippen molar-refractivity contribution >= 4 is 26.0 Å². The Kier molecular flexibility index (Phi) is 4.15. The van der Waals surface area contributed by atoms with E-state index in [0.717, 1.165) is 5.56 Å². The van der Waals surface area contributed by atoms with E-state index in [-0.39, 0.29) is 4.32 Å². The quantitative estimate of drug-likeness (QED) is 0.869. The molecule has 5 heteroatoms. The monoisotopic (exact) mass is 305 g/mol. The van der Waals surface area contributed by atoms with Crippen LogP contribution in [0, 0.1) is 6.92 Å². The summed E-state index contributed by atoms with van der Waals surface area (Å²) in [4.78, 5) is 0.301. The summed E-state index contributed by atoms with van der Waals surface area (Å²) in [7, 11) is -3.39. The van der Waals surface area contributed by atoms with E-state index < -0.39 is 10.0 Å². The van der Waals surface area contributed by atoms with Gasteiger partial charge in [0.1, 0.15) is 0 Å². The van der Waals surface area contributed by atoms with Crippen molar-refractivity contribution in [2.75, 3.05) is 6.54 Å². The molecule has 0 fully saturated rings. The third-order valence-corrected chi connectivity index (χ3v) is 3.71. The zero-order valence-corrected chi connectivity index (χ0v) is 12.0. The maximum atomic E-state index is 11.9.